The van der Waals surface area contributed by atoms with Gasteiger partial charge < -0.3 is 74.4 Å². The fourth-order valence-corrected chi connectivity index (χ4v) is 2.47. The molecule has 18 nitrogen and oxygen atoms in total. The third kappa shape index (κ3) is 69.5. The summed E-state index contributed by atoms with van der Waals surface area (Å²) in [7, 11) is 0. The molecule has 0 aromatic rings. The normalized spacial score (nSPS) is 15.9. The molecule has 0 aromatic carbocycles. The molecule has 3 radical (unpaired) electrons. The van der Waals surface area contributed by atoms with Gasteiger partial charge >= 0.3 is 0 Å². The van der Waals surface area contributed by atoms with Crippen LogP contribution in [0.3, 0.4) is 0 Å². The van der Waals surface area contributed by atoms with E-state index in [0.29, 0.717) is 0 Å². The van der Waals surface area contributed by atoms with Gasteiger partial charge in [-0.05, 0) is 18.1 Å². The molecule has 45 heavy (non-hydrogen) atoms. The zero-order valence-corrected chi connectivity index (χ0v) is 31.7. The van der Waals surface area contributed by atoms with E-state index in [0.717, 1.165) is 58.2 Å². The van der Waals surface area contributed by atoms with Crippen LogP contribution in [0.15, 0.2) is 0 Å². The Bertz CT molecular complexity index is 485. The summed E-state index contributed by atoms with van der Waals surface area (Å²) in [5.41, 5.74) is 0. The third-order valence-electron chi connectivity index (χ3n) is 3.81. The second-order valence-electron chi connectivity index (χ2n) is 5.71. The van der Waals surface area contributed by atoms with Crippen LogP contribution in [0.1, 0.15) is 38.5 Å². The minimum absolute atomic E-state index is 0. The standard InChI is InChI=1S/3C5H8NO2.9CHO.3Re/c3*7-5(8)4-2-1-3-6-4;9*1-2;;;/h3*4H,1-3H2,(H,7,8);9*1H;;;/q12*-1;;;. The van der Waals surface area contributed by atoms with Crippen molar-refractivity contribution in [2.75, 3.05) is 19.6 Å². The molecular weight excluding hydrogens is 1130 g/mol. The molecule has 0 bridgehead atoms. The maximum Gasteiger partial charge on any atom is 0.285 e. The quantitative estimate of drug-likeness (QED) is 0.234. The molecule has 3 aliphatic rings. The van der Waals surface area contributed by atoms with Gasteiger partial charge in [-0.2, -0.15) is 0 Å². The number of hydrogen-bond acceptors (Lipinski definition) is 12. The van der Waals surface area contributed by atoms with Gasteiger partial charge in [-0.3, -0.25) is 75.5 Å². The first kappa shape index (κ1) is 78.6. The minimum atomic E-state index is -0.775. The molecule has 3 saturated heterocycles. The third-order valence-corrected chi connectivity index (χ3v) is 3.81. The van der Waals surface area contributed by atoms with Gasteiger partial charge in [-0.25, -0.2) is 0 Å². The minimum Gasteiger partial charge on any atom is -0.650 e. The SMILES string of the molecule is O=C(O)C1CCC[N-]1.O=C(O)C1CCC[N-]1.O=C(O)C1CCC[N-]1.[CH-]=O.[CH-]=O.[CH-]=O.[CH-]=O.[CH-]=O.[CH-]=O.[CH-]=O.[CH-]=O.[CH-]=O.[Re].[Re].[Re]. The Balaban J connectivity index is -0.0000000283. The molecule has 3 aliphatic heterocycles. The summed E-state index contributed by atoms with van der Waals surface area (Å²) >= 11 is 0. The second kappa shape index (κ2) is 90.0. The van der Waals surface area contributed by atoms with E-state index in [2.05, 4.69) is 77.1 Å². The summed E-state index contributed by atoms with van der Waals surface area (Å²) in [6, 6.07) is -1.18. The van der Waals surface area contributed by atoms with E-state index in [9.17, 15) is 14.4 Å². The van der Waals surface area contributed by atoms with Crippen LogP contribution in [0.4, 0.5) is 0 Å². The summed E-state index contributed by atoms with van der Waals surface area (Å²) in [5, 5.41) is 36.5. The maximum absolute atomic E-state index is 10.1. The van der Waals surface area contributed by atoms with Crippen molar-refractivity contribution in [1.29, 1.82) is 0 Å². The Hall–Kier alpha value is -2.69. The van der Waals surface area contributed by atoms with Crippen molar-refractivity contribution < 1.29 is 134 Å². The Morgan fingerprint density at radius 1 is 0.378 bits per heavy atom. The maximum atomic E-state index is 10.1. The first-order chi connectivity index (χ1) is 20.4. The van der Waals surface area contributed by atoms with Crippen LogP contribution in [0, 0.1) is 0 Å². The number of carbonyl (C=O) groups excluding carboxylic acids is 9. The van der Waals surface area contributed by atoms with E-state index in [4.69, 9.17) is 58.5 Å². The summed E-state index contributed by atoms with van der Waals surface area (Å²) in [6.07, 6.45) is 5.02. The number of aliphatic carboxylic acids is 3. The van der Waals surface area contributed by atoms with Gasteiger partial charge in [-0.1, -0.05) is 38.5 Å². The molecule has 3 N–H and O–H groups in total. The molecule has 3 atom stereocenters. The molecule has 21 heteroatoms. The Morgan fingerprint density at radius 3 is 0.556 bits per heavy atom. The molecule has 3 heterocycles. The molecule has 0 saturated carbocycles. The van der Waals surface area contributed by atoms with E-state index in [1.165, 1.54) is 0 Å². The fraction of sp³-hybridized carbons (Fsp3) is 0.500. The van der Waals surface area contributed by atoms with Gasteiger partial charge in [0.25, 0.3) is 17.9 Å². The Kier molecular flexibility index (Phi) is 157. The van der Waals surface area contributed by atoms with E-state index >= 15 is 0 Å². The van der Waals surface area contributed by atoms with Crippen molar-refractivity contribution in [2.45, 2.75) is 56.7 Å². The van der Waals surface area contributed by atoms with Crippen molar-refractivity contribution in [3.8, 4) is 0 Å². The van der Waals surface area contributed by atoms with E-state index in [1.54, 1.807) is 0 Å². The number of rotatable bonds is 3. The Morgan fingerprint density at radius 2 is 0.511 bits per heavy atom. The summed E-state index contributed by atoms with van der Waals surface area (Å²) in [4.78, 5) is 100. The van der Waals surface area contributed by atoms with Gasteiger partial charge in [0.05, 0.1) is 0 Å². The zero-order valence-electron chi connectivity index (χ0n) is 23.5. The van der Waals surface area contributed by atoms with Crippen LogP contribution in [0.2, 0.25) is 0 Å². The Labute approximate surface area is 303 Å². The monoisotopic (exact) mass is 1160 g/mol. The molecular formula is C24H33N3O15Re3-12. The van der Waals surface area contributed by atoms with Gasteiger partial charge in [-0.15, -0.1) is 19.6 Å². The smallest absolute Gasteiger partial charge is 0.285 e. The van der Waals surface area contributed by atoms with Crippen molar-refractivity contribution in [3.05, 3.63) is 16.0 Å². The van der Waals surface area contributed by atoms with Crippen LogP contribution >= 0.6 is 0 Å². The topological polar surface area (TPSA) is 308 Å². The van der Waals surface area contributed by atoms with Crippen molar-refractivity contribution in [2.24, 2.45) is 0 Å². The summed E-state index contributed by atoms with van der Waals surface area (Å²) in [5.74, 6) is -2.33. The molecule has 0 spiro atoms. The number of carboxylic acids is 3. The van der Waals surface area contributed by atoms with Crippen LogP contribution in [-0.4, -0.2) is 132 Å². The number of carboxylic acid groups (broad SMARTS) is 3. The van der Waals surface area contributed by atoms with Crippen LogP contribution < -0.4 is 0 Å². The molecule has 267 valence electrons. The fourth-order valence-electron chi connectivity index (χ4n) is 2.47. The average Bonchev–Trinajstić information content (AvgIpc) is 3.91. The summed E-state index contributed by atoms with van der Waals surface area (Å²) < 4.78 is 0. The number of carbonyl (C=O) groups is 3. The zero-order chi connectivity index (χ0) is 35.9. The predicted octanol–water partition coefficient (Wildman–Crippen LogP) is -0.653. The van der Waals surface area contributed by atoms with Gasteiger partial charge in [0.15, 0.2) is 0 Å². The number of hydrogen-bond donors (Lipinski definition) is 3. The average molecular weight is 1160 g/mol. The van der Waals surface area contributed by atoms with Gasteiger partial charge in [0, 0.05) is 61.3 Å². The molecule has 0 aliphatic carbocycles. The van der Waals surface area contributed by atoms with Crippen molar-refractivity contribution >= 4 is 79.0 Å². The van der Waals surface area contributed by atoms with Gasteiger partial charge in [0.2, 0.25) is 0 Å². The van der Waals surface area contributed by atoms with Crippen molar-refractivity contribution in [1.82, 2.24) is 0 Å². The van der Waals surface area contributed by atoms with E-state index in [1.807, 2.05) is 0 Å². The van der Waals surface area contributed by atoms with Crippen LogP contribution in [-0.2, 0) is 119 Å². The van der Waals surface area contributed by atoms with Crippen molar-refractivity contribution in [3.63, 3.8) is 0 Å². The first-order valence-electron chi connectivity index (χ1n) is 10.2. The van der Waals surface area contributed by atoms with E-state index < -0.39 is 36.0 Å². The molecule has 3 fully saturated rings. The predicted molar refractivity (Wildman–Crippen MR) is 147 cm³/mol. The molecule has 0 amide bonds. The number of nitrogens with zero attached hydrogens (tertiary/aromatic N) is 3. The molecule has 0 aromatic heterocycles. The molecule has 3 rings (SSSR count). The van der Waals surface area contributed by atoms with Gasteiger partial charge in [0.1, 0.15) is 0 Å². The first-order valence-corrected chi connectivity index (χ1v) is 10.2. The molecule has 3 unspecified atom stereocenters. The van der Waals surface area contributed by atoms with Crippen LogP contribution in [0.5, 0.6) is 0 Å². The largest absolute Gasteiger partial charge is 0.650 e. The summed E-state index contributed by atoms with van der Waals surface area (Å²) in [6.45, 7) is 31.4. The second-order valence-corrected chi connectivity index (χ2v) is 5.71. The van der Waals surface area contributed by atoms with E-state index in [-0.39, 0.29) is 61.3 Å². The van der Waals surface area contributed by atoms with Crippen LogP contribution in [0.25, 0.3) is 16.0 Å².